The molecule has 0 atom stereocenters. The van der Waals surface area contributed by atoms with Crippen molar-refractivity contribution in [2.75, 3.05) is 18.4 Å². The molecule has 9 heteroatoms. The van der Waals surface area contributed by atoms with E-state index in [1.165, 1.54) is 0 Å². The van der Waals surface area contributed by atoms with Crippen LogP contribution in [-0.4, -0.2) is 48.8 Å². The van der Waals surface area contributed by atoms with Crippen molar-refractivity contribution in [3.05, 3.63) is 78.9 Å². The van der Waals surface area contributed by atoms with Crippen LogP contribution in [0.2, 0.25) is 0 Å². The van der Waals surface area contributed by atoms with Gasteiger partial charge in [0.1, 0.15) is 5.82 Å². The van der Waals surface area contributed by atoms with Gasteiger partial charge < -0.3 is 10.6 Å². The number of nitrogens with zero attached hydrogens (tertiary/aromatic N) is 6. The van der Waals surface area contributed by atoms with Crippen LogP contribution in [0.3, 0.4) is 0 Å². The number of hydrogen-bond acceptors (Lipinski definition) is 6. The zero-order chi connectivity index (χ0) is 19.2. The molecule has 0 saturated carbocycles. The molecule has 0 bridgehead atoms. The van der Waals surface area contributed by atoms with Gasteiger partial charge in [-0.15, -0.1) is 10.2 Å². The normalized spacial score (nSPS) is 10.6. The smallest absolute Gasteiger partial charge is 0.251 e. The summed E-state index contributed by atoms with van der Waals surface area (Å²) in [6.07, 6.45) is 7.01. The fourth-order valence-electron chi connectivity index (χ4n) is 2.63. The first-order valence-electron chi connectivity index (χ1n) is 8.75. The van der Waals surface area contributed by atoms with Crippen molar-refractivity contribution < 1.29 is 4.79 Å². The van der Waals surface area contributed by atoms with Gasteiger partial charge in [0.05, 0.1) is 5.69 Å². The highest BCUT2D eigenvalue weighted by atomic mass is 16.1. The van der Waals surface area contributed by atoms with E-state index in [-0.39, 0.29) is 5.91 Å². The van der Waals surface area contributed by atoms with E-state index in [0.717, 1.165) is 5.69 Å². The zero-order valence-electron chi connectivity index (χ0n) is 14.9. The second-order valence-electron chi connectivity index (χ2n) is 5.91. The van der Waals surface area contributed by atoms with Gasteiger partial charge in [-0.1, -0.05) is 6.07 Å². The van der Waals surface area contributed by atoms with Crippen molar-refractivity contribution >= 4 is 11.7 Å². The Hall–Kier alpha value is -4.01. The highest BCUT2D eigenvalue weighted by Crippen LogP contribution is 2.09. The summed E-state index contributed by atoms with van der Waals surface area (Å²) >= 11 is 0. The number of carbonyl (C=O) groups is 1. The van der Waals surface area contributed by atoms with E-state index >= 15 is 0 Å². The van der Waals surface area contributed by atoms with E-state index in [9.17, 15) is 4.79 Å². The molecule has 0 unspecified atom stereocenters. The van der Waals surface area contributed by atoms with Crippen molar-refractivity contribution in [3.8, 4) is 11.5 Å². The summed E-state index contributed by atoms with van der Waals surface area (Å²) in [5, 5.41) is 22.5. The average molecular weight is 374 g/mol. The quantitative estimate of drug-likeness (QED) is 0.477. The van der Waals surface area contributed by atoms with E-state index < -0.39 is 0 Å². The van der Waals surface area contributed by atoms with Crippen molar-refractivity contribution in [2.24, 2.45) is 0 Å². The molecule has 0 aliphatic rings. The van der Waals surface area contributed by atoms with E-state index in [0.29, 0.717) is 30.3 Å². The number of carbonyl (C=O) groups excluding carboxylic acids is 1. The minimum atomic E-state index is -0.143. The fourth-order valence-corrected chi connectivity index (χ4v) is 2.63. The van der Waals surface area contributed by atoms with Crippen LogP contribution in [0.5, 0.6) is 0 Å². The van der Waals surface area contributed by atoms with Crippen molar-refractivity contribution in [1.29, 1.82) is 0 Å². The summed E-state index contributed by atoms with van der Waals surface area (Å²) in [4.78, 5) is 12.3. The molecule has 3 aromatic heterocycles. The van der Waals surface area contributed by atoms with Crippen molar-refractivity contribution in [1.82, 2.24) is 35.1 Å². The molecule has 2 N–H and O–H groups in total. The van der Waals surface area contributed by atoms with Gasteiger partial charge in [-0.25, -0.2) is 9.36 Å². The Bertz CT molecular complexity index is 1030. The van der Waals surface area contributed by atoms with Gasteiger partial charge >= 0.3 is 0 Å². The molecule has 9 nitrogen and oxygen atoms in total. The number of hydrogen-bond donors (Lipinski definition) is 2. The van der Waals surface area contributed by atoms with Gasteiger partial charge in [0.25, 0.3) is 5.91 Å². The predicted octanol–water partition coefficient (Wildman–Crippen LogP) is 1.69. The van der Waals surface area contributed by atoms with Crippen molar-refractivity contribution in [2.45, 2.75) is 0 Å². The minimum Gasteiger partial charge on any atom is -0.367 e. The molecule has 0 aliphatic carbocycles. The molecular formula is C19H18N8O. The monoisotopic (exact) mass is 374 g/mol. The summed E-state index contributed by atoms with van der Waals surface area (Å²) in [6, 6.07) is 14.6. The van der Waals surface area contributed by atoms with Crippen LogP contribution < -0.4 is 10.6 Å². The Balaban J connectivity index is 1.27. The summed E-state index contributed by atoms with van der Waals surface area (Å²) < 4.78 is 3.35. The lowest BCUT2D eigenvalue weighted by Gasteiger charge is -2.09. The Labute approximate surface area is 161 Å². The zero-order valence-corrected chi connectivity index (χ0v) is 14.9. The molecule has 1 amide bonds. The van der Waals surface area contributed by atoms with E-state index in [1.807, 2.05) is 42.6 Å². The van der Waals surface area contributed by atoms with Gasteiger partial charge in [0.15, 0.2) is 5.82 Å². The third-order valence-electron chi connectivity index (χ3n) is 3.98. The van der Waals surface area contributed by atoms with Crippen LogP contribution in [0.1, 0.15) is 10.4 Å². The molecule has 28 heavy (non-hydrogen) atoms. The minimum absolute atomic E-state index is 0.143. The van der Waals surface area contributed by atoms with Gasteiger partial charge in [0, 0.05) is 43.4 Å². The topological polar surface area (TPSA) is 103 Å². The molecule has 1 aromatic carbocycles. The summed E-state index contributed by atoms with van der Waals surface area (Å²) in [5.74, 6) is 1.13. The van der Waals surface area contributed by atoms with Crippen LogP contribution in [0.15, 0.2) is 73.3 Å². The van der Waals surface area contributed by atoms with E-state index in [4.69, 9.17) is 0 Å². The lowest BCUT2D eigenvalue weighted by Crippen LogP contribution is -2.29. The van der Waals surface area contributed by atoms with Crippen LogP contribution in [0.4, 0.5) is 5.82 Å². The predicted molar refractivity (Wildman–Crippen MR) is 104 cm³/mol. The van der Waals surface area contributed by atoms with Gasteiger partial charge in [-0.3, -0.25) is 4.79 Å². The first-order valence-corrected chi connectivity index (χ1v) is 8.75. The standard InChI is InChI=1S/C19H18N8O/c28-19(15-4-1-5-16(14-15)26-12-2-8-22-26)21-11-10-20-17-6-7-18(25-24-17)27-13-3-9-23-27/h1-9,12-14H,10-11H2,(H,20,24)(H,21,28). The number of nitrogens with one attached hydrogen (secondary N) is 2. The second-order valence-corrected chi connectivity index (χ2v) is 5.91. The summed E-state index contributed by atoms with van der Waals surface area (Å²) in [5.41, 5.74) is 1.42. The molecule has 0 saturated heterocycles. The Morgan fingerprint density at radius 3 is 2.43 bits per heavy atom. The van der Waals surface area contributed by atoms with Crippen LogP contribution >= 0.6 is 0 Å². The average Bonchev–Trinajstić information content (AvgIpc) is 3.46. The second kappa shape index (κ2) is 8.12. The molecule has 0 radical (unpaired) electrons. The largest absolute Gasteiger partial charge is 0.367 e. The highest BCUT2D eigenvalue weighted by Gasteiger charge is 2.07. The number of anilines is 1. The van der Waals surface area contributed by atoms with Gasteiger partial charge in [-0.05, 0) is 42.5 Å². The molecular weight excluding hydrogens is 356 g/mol. The summed E-state index contributed by atoms with van der Waals surface area (Å²) in [7, 11) is 0. The van der Waals surface area contributed by atoms with Crippen molar-refractivity contribution in [3.63, 3.8) is 0 Å². The molecule has 0 fully saturated rings. The fraction of sp³-hybridized carbons (Fsp3) is 0.105. The number of rotatable bonds is 7. The molecule has 4 aromatic rings. The maximum absolute atomic E-state index is 12.3. The van der Waals surface area contributed by atoms with Crippen LogP contribution in [0.25, 0.3) is 11.5 Å². The Morgan fingerprint density at radius 1 is 0.893 bits per heavy atom. The Kier molecular flexibility index (Phi) is 5.05. The van der Waals surface area contributed by atoms with E-state index in [1.54, 1.807) is 40.1 Å². The molecule has 0 spiro atoms. The van der Waals surface area contributed by atoms with Crippen LogP contribution in [0, 0.1) is 0 Å². The van der Waals surface area contributed by atoms with Gasteiger partial charge in [-0.2, -0.15) is 10.2 Å². The first kappa shape index (κ1) is 17.4. The molecule has 3 heterocycles. The maximum Gasteiger partial charge on any atom is 0.251 e. The lowest BCUT2D eigenvalue weighted by molar-refractivity contribution is 0.0955. The highest BCUT2D eigenvalue weighted by molar-refractivity contribution is 5.94. The number of aromatic nitrogens is 6. The lowest BCUT2D eigenvalue weighted by atomic mass is 10.2. The van der Waals surface area contributed by atoms with Crippen LogP contribution in [-0.2, 0) is 0 Å². The third-order valence-corrected chi connectivity index (χ3v) is 3.98. The summed E-state index contributed by atoms with van der Waals surface area (Å²) in [6.45, 7) is 0.980. The molecule has 4 rings (SSSR count). The third kappa shape index (κ3) is 4.04. The van der Waals surface area contributed by atoms with E-state index in [2.05, 4.69) is 31.0 Å². The SMILES string of the molecule is O=C(NCCNc1ccc(-n2cccn2)nn1)c1cccc(-n2cccn2)c1. The maximum atomic E-state index is 12.3. The number of amides is 1. The molecule has 140 valence electrons. The first-order chi connectivity index (χ1) is 13.8. The number of benzene rings is 1. The molecule has 0 aliphatic heterocycles. The van der Waals surface area contributed by atoms with Gasteiger partial charge in [0.2, 0.25) is 0 Å². The Morgan fingerprint density at radius 2 is 1.71 bits per heavy atom.